The number of hydrogen-bond acceptors (Lipinski definition) is 5. The van der Waals surface area contributed by atoms with Gasteiger partial charge < -0.3 is 19.0 Å². The molecule has 0 radical (unpaired) electrons. The highest BCUT2D eigenvalue weighted by atomic mass is 16.5. The van der Waals surface area contributed by atoms with Crippen molar-refractivity contribution < 1.29 is 19.1 Å². The number of aryl methyl sites for hydroxylation is 2. The predicted octanol–water partition coefficient (Wildman–Crippen LogP) is 2.58. The van der Waals surface area contributed by atoms with Crippen molar-refractivity contribution in [1.29, 1.82) is 0 Å². The van der Waals surface area contributed by atoms with Crippen molar-refractivity contribution in [2.24, 2.45) is 0 Å². The molecule has 0 amide bonds. The Kier molecular flexibility index (Phi) is 6.37. The summed E-state index contributed by atoms with van der Waals surface area (Å²) in [4.78, 5) is 39.4. The number of methoxy groups -OCH3 is 1. The highest BCUT2D eigenvalue weighted by Gasteiger charge is 2.18. The Bertz CT molecular complexity index is 1120. The van der Waals surface area contributed by atoms with Gasteiger partial charge in [0.2, 0.25) is 5.78 Å². The molecule has 2 heterocycles. The third kappa shape index (κ3) is 4.28. The molecule has 0 spiro atoms. The van der Waals surface area contributed by atoms with Gasteiger partial charge in [-0.15, -0.1) is 0 Å². The number of hydrogen-bond donors (Lipinski definition) is 1. The van der Waals surface area contributed by atoms with Crippen LogP contribution < -0.4 is 5.69 Å². The van der Waals surface area contributed by atoms with Crippen molar-refractivity contribution in [1.82, 2.24) is 14.1 Å². The predicted molar refractivity (Wildman–Crippen MR) is 112 cm³/mol. The number of nitrogens with one attached hydrogen (secondary N) is 1. The Labute approximate surface area is 174 Å². The Morgan fingerprint density at radius 1 is 1.07 bits per heavy atom. The molecule has 3 rings (SSSR count). The number of imidazole rings is 1. The Hall–Kier alpha value is -3.39. The van der Waals surface area contributed by atoms with Crippen LogP contribution in [0.5, 0.6) is 0 Å². The fourth-order valence-electron chi connectivity index (χ4n) is 3.43. The smallest absolute Gasteiger partial charge is 0.338 e. The highest BCUT2D eigenvalue weighted by Crippen LogP contribution is 2.16. The van der Waals surface area contributed by atoms with Crippen LogP contribution in [0, 0.1) is 20.8 Å². The molecule has 0 aliphatic rings. The van der Waals surface area contributed by atoms with Crippen LogP contribution >= 0.6 is 0 Å². The zero-order chi connectivity index (χ0) is 21.8. The van der Waals surface area contributed by atoms with E-state index in [2.05, 4.69) is 4.98 Å². The van der Waals surface area contributed by atoms with Gasteiger partial charge in [0.25, 0.3) is 0 Å². The van der Waals surface area contributed by atoms with E-state index in [9.17, 15) is 14.4 Å². The molecule has 0 unspecified atom stereocenters. The maximum Gasteiger partial charge on any atom is 0.338 e. The molecule has 8 heteroatoms. The molecule has 158 valence electrons. The highest BCUT2D eigenvalue weighted by molar-refractivity contribution is 6.00. The van der Waals surface area contributed by atoms with Crippen molar-refractivity contribution in [3.05, 3.63) is 75.2 Å². The summed E-state index contributed by atoms with van der Waals surface area (Å²) in [6.07, 6.45) is 1.61. The minimum Gasteiger partial charge on any atom is -0.454 e. The second-order valence-corrected chi connectivity index (χ2v) is 7.05. The molecule has 0 fully saturated rings. The summed E-state index contributed by atoms with van der Waals surface area (Å²) < 4.78 is 13.8. The standard InChI is InChI=1S/C22H25N3O5/c1-14-11-19(16(3)24(14)9-10-29-4)20(26)13-30-21(27)17-5-7-18(8-6-17)25-15(2)12-23-22(25)28/h5-8,11-12H,9-10,13H2,1-4H3,(H,23,28). The van der Waals surface area contributed by atoms with Crippen LogP contribution in [0.4, 0.5) is 0 Å². The monoisotopic (exact) mass is 411 g/mol. The molecule has 0 aliphatic heterocycles. The first kappa shape index (κ1) is 21.3. The van der Waals surface area contributed by atoms with Crippen molar-refractivity contribution in [2.75, 3.05) is 20.3 Å². The molecule has 0 atom stereocenters. The first-order chi connectivity index (χ1) is 14.3. The van der Waals surface area contributed by atoms with Gasteiger partial charge >= 0.3 is 11.7 Å². The van der Waals surface area contributed by atoms with E-state index in [1.165, 1.54) is 4.57 Å². The van der Waals surface area contributed by atoms with Gasteiger partial charge in [0, 0.05) is 42.5 Å². The lowest BCUT2D eigenvalue weighted by atomic mass is 10.1. The van der Waals surface area contributed by atoms with E-state index < -0.39 is 5.97 Å². The SMILES string of the molecule is COCCn1c(C)cc(C(=O)COC(=O)c2ccc(-n3c(C)c[nH]c3=O)cc2)c1C. The molecule has 0 aliphatic carbocycles. The van der Waals surface area contributed by atoms with Gasteiger partial charge in [0.05, 0.1) is 17.9 Å². The molecule has 30 heavy (non-hydrogen) atoms. The van der Waals surface area contributed by atoms with Crippen LogP contribution in [0.3, 0.4) is 0 Å². The lowest BCUT2D eigenvalue weighted by Crippen LogP contribution is -2.17. The number of esters is 1. The number of rotatable bonds is 8. The molecule has 0 saturated heterocycles. The lowest BCUT2D eigenvalue weighted by molar-refractivity contribution is 0.0474. The number of benzene rings is 1. The molecule has 1 N–H and O–H groups in total. The summed E-state index contributed by atoms with van der Waals surface area (Å²) in [6, 6.07) is 8.25. The van der Waals surface area contributed by atoms with Crippen LogP contribution in [-0.4, -0.2) is 46.2 Å². The minimum absolute atomic E-state index is 0.253. The number of carbonyl (C=O) groups is 2. The van der Waals surface area contributed by atoms with Gasteiger partial charge in [-0.05, 0) is 51.1 Å². The normalized spacial score (nSPS) is 10.9. The number of ether oxygens (including phenoxy) is 2. The number of Topliss-reactive ketones (excluding diaryl/α,β-unsaturated/α-hetero) is 1. The van der Waals surface area contributed by atoms with Gasteiger partial charge in [0.15, 0.2) is 6.61 Å². The van der Waals surface area contributed by atoms with Gasteiger partial charge in [-0.2, -0.15) is 0 Å². The van der Waals surface area contributed by atoms with Crippen LogP contribution in [0.25, 0.3) is 5.69 Å². The van der Waals surface area contributed by atoms with Gasteiger partial charge in [-0.3, -0.25) is 9.36 Å². The van der Waals surface area contributed by atoms with E-state index >= 15 is 0 Å². The summed E-state index contributed by atoms with van der Waals surface area (Å²) in [6.45, 7) is 6.44. The summed E-state index contributed by atoms with van der Waals surface area (Å²) in [5.74, 6) is -0.854. The Morgan fingerprint density at radius 3 is 2.37 bits per heavy atom. The number of aromatic amines is 1. The molecule has 3 aromatic rings. The van der Waals surface area contributed by atoms with E-state index in [0.717, 1.165) is 17.1 Å². The van der Waals surface area contributed by atoms with E-state index in [0.29, 0.717) is 30.0 Å². The summed E-state index contributed by atoms with van der Waals surface area (Å²) in [5.41, 5.74) is 3.75. The van der Waals surface area contributed by atoms with Crippen LogP contribution in [-0.2, 0) is 16.0 Å². The van der Waals surface area contributed by atoms with E-state index in [1.54, 1.807) is 50.6 Å². The molecule has 1 aromatic carbocycles. The first-order valence-electron chi connectivity index (χ1n) is 9.57. The van der Waals surface area contributed by atoms with Crippen molar-refractivity contribution >= 4 is 11.8 Å². The van der Waals surface area contributed by atoms with Gasteiger partial charge in [-0.25, -0.2) is 9.59 Å². The molecule has 8 nitrogen and oxygen atoms in total. The number of aromatic nitrogens is 3. The molecule has 0 saturated carbocycles. The first-order valence-corrected chi connectivity index (χ1v) is 9.57. The number of nitrogens with zero attached hydrogens (tertiary/aromatic N) is 2. The topological polar surface area (TPSA) is 95.3 Å². The summed E-state index contributed by atoms with van der Waals surface area (Å²) >= 11 is 0. The zero-order valence-corrected chi connectivity index (χ0v) is 17.5. The van der Waals surface area contributed by atoms with Crippen molar-refractivity contribution in [3.8, 4) is 5.69 Å². The average molecular weight is 411 g/mol. The van der Waals surface area contributed by atoms with Crippen LogP contribution in [0.1, 0.15) is 37.8 Å². The van der Waals surface area contributed by atoms with Gasteiger partial charge in [-0.1, -0.05) is 0 Å². The third-order valence-electron chi connectivity index (χ3n) is 5.05. The second-order valence-electron chi connectivity index (χ2n) is 7.05. The number of ketones is 1. The Morgan fingerprint density at radius 2 is 1.77 bits per heavy atom. The van der Waals surface area contributed by atoms with E-state index in [4.69, 9.17) is 9.47 Å². The second kappa shape index (κ2) is 8.96. The lowest BCUT2D eigenvalue weighted by Gasteiger charge is -2.09. The molecule has 2 aromatic heterocycles. The number of carbonyl (C=O) groups excluding carboxylic acids is 2. The summed E-state index contributed by atoms with van der Waals surface area (Å²) in [7, 11) is 1.63. The van der Waals surface area contributed by atoms with E-state index in [-0.39, 0.29) is 18.1 Å². The zero-order valence-electron chi connectivity index (χ0n) is 17.5. The fraction of sp³-hybridized carbons (Fsp3) is 0.318. The largest absolute Gasteiger partial charge is 0.454 e. The quantitative estimate of drug-likeness (QED) is 0.454. The average Bonchev–Trinajstić information content (AvgIpc) is 3.22. The van der Waals surface area contributed by atoms with E-state index in [1.807, 2.05) is 18.4 Å². The summed E-state index contributed by atoms with van der Waals surface area (Å²) in [5, 5.41) is 0. The third-order valence-corrected chi connectivity index (χ3v) is 5.05. The number of H-pyrrole nitrogens is 1. The Balaban J connectivity index is 1.66. The minimum atomic E-state index is -0.596. The van der Waals surface area contributed by atoms with Crippen LogP contribution in [0.2, 0.25) is 0 Å². The molecule has 0 bridgehead atoms. The molecular formula is C22H25N3O5. The van der Waals surface area contributed by atoms with Crippen molar-refractivity contribution in [3.63, 3.8) is 0 Å². The van der Waals surface area contributed by atoms with Gasteiger partial charge in [0.1, 0.15) is 0 Å². The maximum atomic E-state index is 12.6. The van der Waals surface area contributed by atoms with Crippen molar-refractivity contribution in [2.45, 2.75) is 27.3 Å². The maximum absolute atomic E-state index is 12.6. The van der Waals surface area contributed by atoms with Crippen LogP contribution in [0.15, 0.2) is 41.3 Å². The molecular weight excluding hydrogens is 386 g/mol. The fourth-order valence-corrected chi connectivity index (χ4v) is 3.43.